The van der Waals surface area contributed by atoms with Crippen LogP contribution in [0, 0.1) is 5.82 Å². The lowest BCUT2D eigenvalue weighted by atomic mass is 10.1. The van der Waals surface area contributed by atoms with Gasteiger partial charge < -0.3 is 10.2 Å². The molecule has 2 amide bonds. The normalized spacial score (nSPS) is 15.1. The molecule has 1 aromatic rings. The summed E-state index contributed by atoms with van der Waals surface area (Å²) >= 11 is 0. The molecule has 5 heteroatoms. The second-order valence-electron chi connectivity index (χ2n) is 4.63. The van der Waals surface area contributed by atoms with Gasteiger partial charge in [-0.15, -0.1) is 0 Å². The van der Waals surface area contributed by atoms with E-state index in [0.717, 1.165) is 19.3 Å². The van der Waals surface area contributed by atoms with Gasteiger partial charge in [0.1, 0.15) is 5.82 Å². The lowest BCUT2D eigenvalue weighted by Crippen LogP contribution is -2.45. The standard InChI is InChI=1S/C14H17FN2O2/c15-12-7-3-2-6-11(12)10-16-13(18)14(19)17-8-4-1-5-9-17/h2-3,6-7H,1,4-5,8-10H2,(H,16,18). The Kier molecular flexibility index (Phi) is 4.49. The first-order valence-corrected chi connectivity index (χ1v) is 6.49. The number of nitrogens with one attached hydrogen (secondary N) is 1. The summed E-state index contributed by atoms with van der Waals surface area (Å²) in [5.74, 6) is -1.56. The molecule has 1 aromatic carbocycles. The van der Waals surface area contributed by atoms with E-state index in [1.54, 1.807) is 23.1 Å². The molecule has 1 aliphatic heterocycles. The SMILES string of the molecule is O=C(NCc1ccccc1F)C(=O)N1CCCCC1. The van der Waals surface area contributed by atoms with E-state index in [1.807, 2.05) is 0 Å². The van der Waals surface area contributed by atoms with Gasteiger partial charge in [0.05, 0.1) is 0 Å². The zero-order chi connectivity index (χ0) is 13.7. The molecule has 0 bridgehead atoms. The molecule has 19 heavy (non-hydrogen) atoms. The minimum absolute atomic E-state index is 0.0328. The molecule has 0 aromatic heterocycles. The minimum Gasteiger partial charge on any atom is -0.344 e. The summed E-state index contributed by atoms with van der Waals surface area (Å²) in [6, 6.07) is 6.19. The summed E-state index contributed by atoms with van der Waals surface area (Å²) in [4.78, 5) is 25.1. The third-order valence-electron chi connectivity index (χ3n) is 3.23. The molecule has 102 valence electrons. The third kappa shape index (κ3) is 3.53. The Morgan fingerprint density at radius 1 is 1.16 bits per heavy atom. The number of piperidine rings is 1. The van der Waals surface area contributed by atoms with Crippen molar-refractivity contribution in [2.24, 2.45) is 0 Å². The predicted molar refractivity (Wildman–Crippen MR) is 68.7 cm³/mol. The van der Waals surface area contributed by atoms with Gasteiger partial charge >= 0.3 is 11.8 Å². The fraction of sp³-hybridized carbons (Fsp3) is 0.429. The summed E-state index contributed by atoms with van der Waals surface area (Å²) in [5.41, 5.74) is 0.377. The number of likely N-dealkylation sites (tertiary alicyclic amines) is 1. The highest BCUT2D eigenvalue weighted by Crippen LogP contribution is 2.09. The first-order chi connectivity index (χ1) is 9.18. The molecule has 0 radical (unpaired) electrons. The quantitative estimate of drug-likeness (QED) is 0.822. The van der Waals surface area contributed by atoms with Crippen LogP contribution in [0.5, 0.6) is 0 Å². The average molecular weight is 264 g/mol. The third-order valence-corrected chi connectivity index (χ3v) is 3.23. The molecule has 2 rings (SSSR count). The van der Waals surface area contributed by atoms with E-state index in [1.165, 1.54) is 6.07 Å². The Hall–Kier alpha value is -1.91. The monoisotopic (exact) mass is 264 g/mol. The van der Waals surface area contributed by atoms with E-state index in [-0.39, 0.29) is 12.4 Å². The van der Waals surface area contributed by atoms with Crippen molar-refractivity contribution in [3.63, 3.8) is 0 Å². The lowest BCUT2D eigenvalue weighted by molar-refractivity contribution is -0.146. The van der Waals surface area contributed by atoms with Crippen LogP contribution < -0.4 is 5.32 Å². The summed E-state index contributed by atoms with van der Waals surface area (Å²) in [6.07, 6.45) is 2.97. The van der Waals surface area contributed by atoms with Crippen LogP contribution in [0.2, 0.25) is 0 Å². The maximum absolute atomic E-state index is 13.3. The molecule has 0 spiro atoms. The van der Waals surface area contributed by atoms with Gasteiger partial charge in [-0.2, -0.15) is 0 Å². The number of carbonyl (C=O) groups is 2. The Bertz CT molecular complexity index is 470. The van der Waals surface area contributed by atoms with Gasteiger partial charge in [-0.25, -0.2) is 4.39 Å². The van der Waals surface area contributed by atoms with Crippen LogP contribution in [-0.4, -0.2) is 29.8 Å². The largest absolute Gasteiger partial charge is 0.344 e. The number of carbonyl (C=O) groups excluding carboxylic acids is 2. The van der Waals surface area contributed by atoms with Crippen molar-refractivity contribution in [1.82, 2.24) is 10.2 Å². The number of halogens is 1. The maximum atomic E-state index is 13.3. The van der Waals surface area contributed by atoms with E-state index in [2.05, 4.69) is 5.32 Å². The Balaban J connectivity index is 1.87. The highest BCUT2D eigenvalue weighted by molar-refractivity contribution is 6.34. The first-order valence-electron chi connectivity index (χ1n) is 6.49. The van der Waals surface area contributed by atoms with Crippen LogP contribution in [0.15, 0.2) is 24.3 Å². The highest BCUT2D eigenvalue weighted by Gasteiger charge is 2.22. The topological polar surface area (TPSA) is 49.4 Å². The summed E-state index contributed by atoms with van der Waals surface area (Å²) in [5, 5.41) is 2.47. The average Bonchev–Trinajstić information content (AvgIpc) is 2.46. The fourth-order valence-electron chi connectivity index (χ4n) is 2.13. The van der Waals surface area contributed by atoms with Crippen molar-refractivity contribution in [1.29, 1.82) is 0 Å². The highest BCUT2D eigenvalue weighted by atomic mass is 19.1. The van der Waals surface area contributed by atoms with E-state index in [0.29, 0.717) is 18.7 Å². The molecule has 1 aliphatic rings. The van der Waals surface area contributed by atoms with Crippen LogP contribution in [0.3, 0.4) is 0 Å². The molecule has 1 saturated heterocycles. The molecule has 0 aliphatic carbocycles. The van der Waals surface area contributed by atoms with Crippen molar-refractivity contribution >= 4 is 11.8 Å². The zero-order valence-corrected chi connectivity index (χ0v) is 10.7. The van der Waals surface area contributed by atoms with Crippen LogP contribution in [0.4, 0.5) is 4.39 Å². The molecule has 1 fully saturated rings. The van der Waals surface area contributed by atoms with Crippen LogP contribution in [0.1, 0.15) is 24.8 Å². The van der Waals surface area contributed by atoms with E-state index >= 15 is 0 Å². The van der Waals surface area contributed by atoms with Crippen molar-refractivity contribution in [3.05, 3.63) is 35.6 Å². The molecule has 0 atom stereocenters. The first kappa shape index (κ1) is 13.5. The van der Waals surface area contributed by atoms with Crippen LogP contribution >= 0.6 is 0 Å². The predicted octanol–water partition coefficient (Wildman–Crippen LogP) is 1.45. The molecule has 0 unspecified atom stereocenters. The molecule has 4 nitrogen and oxygen atoms in total. The zero-order valence-electron chi connectivity index (χ0n) is 10.7. The van der Waals surface area contributed by atoms with Crippen molar-refractivity contribution in [2.75, 3.05) is 13.1 Å². The number of hydrogen-bond donors (Lipinski definition) is 1. The summed E-state index contributed by atoms with van der Waals surface area (Å²) in [6.45, 7) is 1.29. The van der Waals surface area contributed by atoms with Gasteiger partial charge in [0.2, 0.25) is 0 Å². The number of hydrogen-bond acceptors (Lipinski definition) is 2. The Morgan fingerprint density at radius 2 is 1.84 bits per heavy atom. The Labute approximate surface area is 111 Å². The number of nitrogens with zero attached hydrogens (tertiary/aromatic N) is 1. The van der Waals surface area contributed by atoms with Gasteiger partial charge in [0.25, 0.3) is 0 Å². The minimum atomic E-state index is -0.662. The van der Waals surface area contributed by atoms with Crippen LogP contribution in [-0.2, 0) is 16.1 Å². The van der Waals surface area contributed by atoms with Gasteiger partial charge in [0, 0.05) is 25.2 Å². The van der Waals surface area contributed by atoms with Gasteiger partial charge in [0.15, 0.2) is 0 Å². The van der Waals surface area contributed by atoms with E-state index in [4.69, 9.17) is 0 Å². The molecular formula is C14H17FN2O2. The Morgan fingerprint density at radius 3 is 2.53 bits per heavy atom. The van der Waals surface area contributed by atoms with E-state index < -0.39 is 11.8 Å². The molecule has 0 saturated carbocycles. The van der Waals surface area contributed by atoms with Crippen molar-refractivity contribution in [2.45, 2.75) is 25.8 Å². The fourth-order valence-corrected chi connectivity index (χ4v) is 2.13. The van der Waals surface area contributed by atoms with Gasteiger partial charge in [-0.05, 0) is 25.3 Å². The number of rotatable bonds is 2. The smallest absolute Gasteiger partial charge is 0.311 e. The van der Waals surface area contributed by atoms with E-state index in [9.17, 15) is 14.0 Å². The van der Waals surface area contributed by atoms with Gasteiger partial charge in [-0.3, -0.25) is 9.59 Å². The van der Waals surface area contributed by atoms with Crippen molar-refractivity contribution < 1.29 is 14.0 Å². The van der Waals surface area contributed by atoms with Crippen LogP contribution in [0.25, 0.3) is 0 Å². The lowest BCUT2D eigenvalue weighted by Gasteiger charge is -2.25. The molecular weight excluding hydrogens is 247 g/mol. The number of amides is 2. The summed E-state index contributed by atoms with van der Waals surface area (Å²) in [7, 11) is 0. The maximum Gasteiger partial charge on any atom is 0.311 e. The second kappa shape index (κ2) is 6.31. The molecule has 1 heterocycles. The second-order valence-corrected chi connectivity index (χ2v) is 4.63. The number of benzene rings is 1. The molecule has 1 N–H and O–H groups in total. The van der Waals surface area contributed by atoms with Crippen molar-refractivity contribution in [3.8, 4) is 0 Å². The summed E-state index contributed by atoms with van der Waals surface area (Å²) < 4.78 is 13.3. The van der Waals surface area contributed by atoms with Gasteiger partial charge in [-0.1, -0.05) is 18.2 Å².